The van der Waals surface area contributed by atoms with Crippen LogP contribution in [0, 0.1) is 0 Å². The van der Waals surface area contributed by atoms with Crippen molar-refractivity contribution in [1.29, 1.82) is 0 Å². The van der Waals surface area contributed by atoms with Gasteiger partial charge in [-0.15, -0.1) is 0 Å². The molecule has 9 heteroatoms. The van der Waals surface area contributed by atoms with Gasteiger partial charge in [-0.2, -0.15) is 0 Å². The molecular formula is C14H18N4O5. The van der Waals surface area contributed by atoms with Gasteiger partial charge in [-0.25, -0.2) is 14.8 Å². The first-order valence-electron chi connectivity index (χ1n) is 7.48. The fourth-order valence-electron chi connectivity index (χ4n) is 3.44. The molecule has 124 valence electrons. The van der Waals surface area contributed by atoms with Gasteiger partial charge in [0.05, 0.1) is 6.34 Å². The predicted octanol–water partition coefficient (Wildman–Crippen LogP) is -0.143. The minimum atomic E-state index is -1.08. The Bertz CT molecular complexity index is 631. The first kappa shape index (κ1) is 14.7. The van der Waals surface area contributed by atoms with Gasteiger partial charge in [-0.3, -0.25) is 4.99 Å². The molecule has 0 spiro atoms. The maximum atomic E-state index is 11.5. The molecule has 0 radical (unpaired) electrons. The number of carboxylic acids is 1. The second-order valence-corrected chi connectivity index (χ2v) is 6.46. The van der Waals surface area contributed by atoms with Crippen LogP contribution in [0.5, 0.6) is 0 Å². The smallest absolute Gasteiger partial charge is 0.335 e. The van der Waals surface area contributed by atoms with Crippen LogP contribution in [0.3, 0.4) is 0 Å². The highest BCUT2D eigenvalue weighted by atomic mass is 16.8. The molecule has 9 nitrogen and oxygen atoms in total. The second-order valence-electron chi connectivity index (χ2n) is 6.46. The number of aliphatic imine (C=N–C) groups is 3. The summed E-state index contributed by atoms with van der Waals surface area (Å²) >= 11 is 0. The Kier molecular flexibility index (Phi) is 3.09. The monoisotopic (exact) mass is 322 g/mol. The van der Waals surface area contributed by atoms with Crippen LogP contribution in [0.15, 0.2) is 15.0 Å². The Labute approximate surface area is 132 Å². The van der Waals surface area contributed by atoms with E-state index in [1.54, 1.807) is 25.1 Å². The number of aliphatic carboxylic acids is 1. The van der Waals surface area contributed by atoms with Gasteiger partial charge < -0.3 is 24.2 Å². The van der Waals surface area contributed by atoms with E-state index < -0.39 is 36.3 Å². The average Bonchev–Trinajstić information content (AvgIpc) is 3.09. The zero-order chi connectivity index (χ0) is 16.4. The Balaban J connectivity index is 1.62. The molecular weight excluding hydrogens is 304 g/mol. The SMILES string of the molecule is CC1=NC=NC2C1N=CN2[C@@H]1O[C@H](C(=O)O)C2OC(C)(C)OC21. The van der Waals surface area contributed by atoms with Gasteiger partial charge in [0, 0.05) is 5.71 Å². The number of carbonyl (C=O) groups is 1. The van der Waals surface area contributed by atoms with Gasteiger partial charge in [0.25, 0.3) is 0 Å². The molecule has 4 aliphatic rings. The summed E-state index contributed by atoms with van der Waals surface area (Å²) in [5.41, 5.74) is 0.858. The summed E-state index contributed by atoms with van der Waals surface area (Å²) in [5, 5.41) is 9.40. The van der Waals surface area contributed by atoms with Crippen LogP contribution in [0.25, 0.3) is 0 Å². The first-order chi connectivity index (χ1) is 10.9. The van der Waals surface area contributed by atoms with Crippen molar-refractivity contribution in [3.63, 3.8) is 0 Å². The molecule has 4 heterocycles. The number of carboxylic acid groups (broad SMARTS) is 1. The van der Waals surface area contributed by atoms with E-state index in [-0.39, 0.29) is 12.2 Å². The predicted molar refractivity (Wildman–Crippen MR) is 79.6 cm³/mol. The lowest BCUT2D eigenvalue weighted by atomic mass is 10.1. The summed E-state index contributed by atoms with van der Waals surface area (Å²) in [6.07, 6.45) is -0.0513. The molecule has 0 aliphatic carbocycles. The lowest BCUT2D eigenvalue weighted by Crippen LogP contribution is -2.50. The molecule has 0 aromatic rings. The molecule has 0 amide bonds. The van der Waals surface area contributed by atoms with Gasteiger partial charge in [0.2, 0.25) is 0 Å². The van der Waals surface area contributed by atoms with E-state index in [1.165, 1.54) is 6.34 Å². The maximum absolute atomic E-state index is 11.5. The van der Waals surface area contributed by atoms with Crippen molar-refractivity contribution in [2.24, 2.45) is 15.0 Å². The van der Waals surface area contributed by atoms with E-state index in [1.807, 2.05) is 6.92 Å². The van der Waals surface area contributed by atoms with Crippen molar-refractivity contribution in [2.75, 3.05) is 0 Å². The van der Waals surface area contributed by atoms with Crippen LogP contribution in [0.4, 0.5) is 0 Å². The van der Waals surface area contributed by atoms with E-state index in [9.17, 15) is 9.90 Å². The quantitative estimate of drug-likeness (QED) is 0.758. The highest BCUT2D eigenvalue weighted by molar-refractivity contribution is 5.97. The van der Waals surface area contributed by atoms with Crippen molar-refractivity contribution in [3.05, 3.63) is 0 Å². The van der Waals surface area contributed by atoms with E-state index in [2.05, 4.69) is 15.0 Å². The Hall–Kier alpha value is -1.84. The van der Waals surface area contributed by atoms with Gasteiger partial charge in [-0.1, -0.05) is 0 Å². The number of hydrogen-bond acceptors (Lipinski definition) is 8. The normalized spacial score (nSPS) is 43.4. The fourth-order valence-corrected chi connectivity index (χ4v) is 3.44. The van der Waals surface area contributed by atoms with Gasteiger partial charge in [0.15, 0.2) is 24.3 Å². The second kappa shape index (κ2) is 4.83. The van der Waals surface area contributed by atoms with Crippen LogP contribution >= 0.6 is 0 Å². The minimum absolute atomic E-state index is 0.179. The zero-order valence-electron chi connectivity index (χ0n) is 13.0. The molecule has 2 fully saturated rings. The summed E-state index contributed by atoms with van der Waals surface area (Å²) < 4.78 is 17.3. The topological polar surface area (TPSA) is 105 Å². The van der Waals surface area contributed by atoms with Crippen LogP contribution in [-0.2, 0) is 19.0 Å². The summed E-state index contributed by atoms with van der Waals surface area (Å²) in [6, 6.07) is -0.179. The Morgan fingerprint density at radius 3 is 2.78 bits per heavy atom. The number of rotatable bonds is 2. The third-order valence-corrected chi connectivity index (χ3v) is 4.42. The van der Waals surface area contributed by atoms with Crippen LogP contribution in [0.1, 0.15) is 20.8 Å². The molecule has 23 heavy (non-hydrogen) atoms. The average molecular weight is 322 g/mol. The molecule has 6 atom stereocenters. The summed E-state index contributed by atoms with van der Waals surface area (Å²) in [5.74, 6) is -1.92. The number of nitrogens with zero attached hydrogens (tertiary/aromatic N) is 4. The Morgan fingerprint density at radius 2 is 2.04 bits per heavy atom. The zero-order valence-corrected chi connectivity index (χ0v) is 13.0. The van der Waals surface area contributed by atoms with Gasteiger partial charge in [-0.05, 0) is 20.8 Å². The van der Waals surface area contributed by atoms with Crippen molar-refractivity contribution in [2.45, 2.75) is 63.3 Å². The van der Waals surface area contributed by atoms with Gasteiger partial charge in [0.1, 0.15) is 24.6 Å². The molecule has 4 rings (SSSR count). The molecule has 2 saturated heterocycles. The highest BCUT2D eigenvalue weighted by Gasteiger charge is 2.60. The lowest BCUT2D eigenvalue weighted by Gasteiger charge is -2.33. The number of fused-ring (bicyclic) bond motifs is 2. The summed E-state index contributed by atoms with van der Waals surface area (Å²) in [4.78, 5) is 26.2. The lowest BCUT2D eigenvalue weighted by molar-refractivity contribution is -0.206. The summed E-state index contributed by atoms with van der Waals surface area (Å²) in [7, 11) is 0. The molecule has 4 unspecified atom stereocenters. The largest absolute Gasteiger partial charge is 0.479 e. The molecule has 0 saturated carbocycles. The maximum Gasteiger partial charge on any atom is 0.335 e. The van der Waals surface area contributed by atoms with E-state index in [4.69, 9.17) is 14.2 Å². The first-order valence-corrected chi connectivity index (χ1v) is 7.48. The van der Waals surface area contributed by atoms with E-state index >= 15 is 0 Å². The number of hydrogen-bond donors (Lipinski definition) is 1. The van der Waals surface area contributed by atoms with Crippen molar-refractivity contribution < 1.29 is 24.1 Å². The van der Waals surface area contributed by atoms with E-state index in [0.29, 0.717) is 0 Å². The van der Waals surface area contributed by atoms with Crippen molar-refractivity contribution >= 4 is 24.4 Å². The third-order valence-electron chi connectivity index (χ3n) is 4.42. The highest BCUT2D eigenvalue weighted by Crippen LogP contribution is 2.41. The number of ether oxygens (including phenoxy) is 3. The fraction of sp³-hybridized carbons (Fsp3) is 0.714. The Morgan fingerprint density at radius 1 is 1.30 bits per heavy atom. The van der Waals surface area contributed by atoms with Crippen LogP contribution in [0.2, 0.25) is 0 Å². The van der Waals surface area contributed by atoms with Crippen LogP contribution in [-0.4, -0.2) is 76.9 Å². The molecule has 1 N–H and O–H groups in total. The molecule has 0 bridgehead atoms. The molecule has 0 aromatic carbocycles. The van der Waals surface area contributed by atoms with Crippen molar-refractivity contribution in [1.82, 2.24) is 4.90 Å². The van der Waals surface area contributed by atoms with Gasteiger partial charge >= 0.3 is 5.97 Å². The summed E-state index contributed by atoms with van der Waals surface area (Å²) in [6.45, 7) is 5.41. The molecule has 0 aromatic heterocycles. The van der Waals surface area contributed by atoms with Crippen molar-refractivity contribution in [3.8, 4) is 0 Å². The standard InChI is InChI=1S/C14H18N4O5/c1-6-7-11(16-4-15-6)18(5-17-7)12-9-8(10(21-12)13(19)20)22-14(2,3)23-9/h4-5,7-12H,1-3H3,(H,19,20)/t7?,8?,9?,10-,11?,12+/m0/s1. The van der Waals surface area contributed by atoms with E-state index in [0.717, 1.165) is 5.71 Å². The van der Waals surface area contributed by atoms with Crippen LogP contribution < -0.4 is 0 Å². The molecule has 4 aliphatic heterocycles. The third kappa shape index (κ3) is 2.19. The minimum Gasteiger partial charge on any atom is -0.479 e.